The lowest BCUT2D eigenvalue weighted by molar-refractivity contribution is 0.0756. The van der Waals surface area contributed by atoms with Gasteiger partial charge < -0.3 is 9.64 Å². The van der Waals surface area contributed by atoms with Crippen LogP contribution in [-0.2, 0) is 0 Å². The van der Waals surface area contributed by atoms with Gasteiger partial charge >= 0.3 is 0 Å². The number of nitrogens with one attached hydrogen (secondary N) is 2. The molecule has 0 bridgehead atoms. The molecule has 2 unspecified atom stereocenters. The number of nitrogens with zero attached hydrogens (tertiary/aromatic N) is 2. The number of benzene rings is 2. The maximum absolute atomic E-state index is 12.9. The summed E-state index contributed by atoms with van der Waals surface area (Å²) in [5.41, 5.74) is 8.87. The first kappa shape index (κ1) is 20.3. The third kappa shape index (κ3) is 4.80. The monoisotopic (exact) mass is 458 g/mol. The van der Waals surface area contributed by atoms with Crippen molar-refractivity contribution < 1.29 is 9.53 Å². The standard InChI is InChI=1S/C22H27BrN4O2/c1-29-19-8-6-16(7-9-19)20-15-21(25-24-20)26-10-3-11-27(13-12-26)22(28)17-4-2-5-18(23)14-17/h2,4-9,14,20-21,24-25H,3,10-13,15H2,1H3. The van der Waals surface area contributed by atoms with Gasteiger partial charge in [-0.15, -0.1) is 0 Å². The summed E-state index contributed by atoms with van der Waals surface area (Å²) in [6.07, 6.45) is 2.24. The fraction of sp³-hybridized carbons (Fsp3) is 0.409. The molecule has 2 fully saturated rings. The predicted octanol–water partition coefficient (Wildman–Crippen LogP) is 3.17. The van der Waals surface area contributed by atoms with Gasteiger partial charge in [0.2, 0.25) is 0 Å². The Morgan fingerprint density at radius 1 is 1.07 bits per heavy atom. The molecule has 0 spiro atoms. The third-order valence-electron chi connectivity index (χ3n) is 5.73. The van der Waals surface area contributed by atoms with Gasteiger partial charge in [0, 0.05) is 42.3 Å². The maximum Gasteiger partial charge on any atom is 0.253 e. The zero-order valence-corrected chi connectivity index (χ0v) is 18.2. The minimum absolute atomic E-state index is 0.113. The van der Waals surface area contributed by atoms with Crippen molar-refractivity contribution in [2.45, 2.75) is 25.0 Å². The fourth-order valence-corrected chi connectivity index (χ4v) is 4.49. The average molecular weight is 459 g/mol. The number of carbonyl (C=O) groups is 1. The molecule has 4 rings (SSSR count). The Kier molecular flexibility index (Phi) is 6.50. The van der Waals surface area contributed by atoms with Gasteiger partial charge in [0.1, 0.15) is 5.75 Å². The SMILES string of the molecule is COc1ccc(C2CC(N3CCCN(C(=O)c4cccc(Br)c4)CC3)NN2)cc1. The van der Waals surface area contributed by atoms with E-state index < -0.39 is 0 Å². The molecule has 0 aromatic heterocycles. The topological polar surface area (TPSA) is 56.8 Å². The van der Waals surface area contributed by atoms with Crippen LogP contribution >= 0.6 is 15.9 Å². The van der Waals surface area contributed by atoms with Crippen LogP contribution < -0.4 is 15.6 Å². The summed E-state index contributed by atoms with van der Waals surface area (Å²) in [4.78, 5) is 17.3. The smallest absolute Gasteiger partial charge is 0.253 e. The molecule has 0 aliphatic carbocycles. The molecular formula is C22H27BrN4O2. The summed E-state index contributed by atoms with van der Waals surface area (Å²) in [6, 6.07) is 16.1. The third-order valence-corrected chi connectivity index (χ3v) is 6.22. The summed E-state index contributed by atoms with van der Waals surface area (Å²) >= 11 is 3.46. The van der Waals surface area contributed by atoms with Gasteiger partial charge in [0.05, 0.1) is 13.3 Å². The van der Waals surface area contributed by atoms with Crippen LogP contribution in [0, 0.1) is 0 Å². The van der Waals surface area contributed by atoms with Crippen molar-refractivity contribution in [3.8, 4) is 5.75 Å². The minimum atomic E-state index is 0.113. The molecule has 0 radical (unpaired) electrons. The molecule has 2 heterocycles. The highest BCUT2D eigenvalue weighted by Crippen LogP contribution is 2.26. The van der Waals surface area contributed by atoms with Crippen LogP contribution in [0.4, 0.5) is 0 Å². The highest BCUT2D eigenvalue weighted by Gasteiger charge is 2.31. The molecule has 2 saturated heterocycles. The van der Waals surface area contributed by atoms with Crippen molar-refractivity contribution in [3.63, 3.8) is 0 Å². The molecule has 2 N–H and O–H groups in total. The number of carbonyl (C=O) groups excluding carboxylic acids is 1. The van der Waals surface area contributed by atoms with E-state index >= 15 is 0 Å². The Morgan fingerprint density at radius 3 is 2.66 bits per heavy atom. The Labute approximate surface area is 180 Å². The molecule has 0 saturated carbocycles. The van der Waals surface area contributed by atoms with Crippen molar-refractivity contribution in [1.82, 2.24) is 20.7 Å². The van der Waals surface area contributed by atoms with Crippen molar-refractivity contribution in [2.24, 2.45) is 0 Å². The number of hydrogen-bond donors (Lipinski definition) is 2. The van der Waals surface area contributed by atoms with Crippen LogP contribution in [0.3, 0.4) is 0 Å². The second kappa shape index (κ2) is 9.26. The summed E-state index contributed by atoms with van der Waals surface area (Å²) in [5, 5.41) is 0. The van der Waals surface area contributed by atoms with Crippen molar-refractivity contribution in [1.29, 1.82) is 0 Å². The number of halogens is 1. The van der Waals surface area contributed by atoms with E-state index in [0.29, 0.717) is 0 Å². The van der Waals surface area contributed by atoms with Gasteiger partial charge in [-0.05, 0) is 48.7 Å². The maximum atomic E-state index is 12.9. The molecule has 2 aromatic rings. The van der Waals surface area contributed by atoms with E-state index in [1.165, 1.54) is 5.56 Å². The summed E-state index contributed by atoms with van der Waals surface area (Å²) in [6.45, 7) is 3.39. The van der Waals surface area contributed by atoms with Crippen LogP contribution in [0.15, 0.2) is 53.0 Å². The molecule has 6 nitrogen and oxygen atoms in total. The van der Waals surface area contributed by atoms with E-state index in [-0.39, 0.29) is 18.1 Å². The Morgan fingerprint density at radius 2 is 1.90 bits per heavy atom. The first-order valence-corrected chi connectivity index (χ1v) is 10.9. The van der Waals surface area contributed by atoms with Crippen molar-refractivity contribution >= 4 is 21.8 Å². The summed E-state index contributed by atoms with van der Waals surface area (Å²) in [7, 11) is 1.68. The van der Waals surface area contributed by atoms with E-state index in [1.807, 2.05) is 41.3 Å². The molecule has 2 aliphatic rings. The zero-order chi connectivity index (χ0) is 20.2. The lowest BCUT2D eigenvalue weighted by Gasteiger charge is -2.27. The first-order chi connectivity index (χ1) is 14.1. The van der Waals surface area contributed by atoms with Gasteiger partial charge in [-0.25, -0.2) is 10.9 Å². The molecule has 1 amide bonds. The zero-order valence-electron chi connectivity index (χ0n) is 16.6. The fourth-order valence-electron chi connectivity index (χ4n) is 4.09. The van der Waals surface area contributed by atoms with Gasteiger partial charge in [-0.1, -0.05) is 34.1 Å². The Balaban J connectivity index is 1.34. The average Bonchev–Trinajstić information content (AvgIpc) is 3.11. The van der Waals surface area contributed by atoms with Gasteiger partial charge in [-0.3, -0.25) is 9.69 Å². The number of ether oxygens (including phenoxy) is 1. The highest BCUT2D eigenvalue weighted by atomic mass is 79.9. The number of hydrogen-bond acceptors (Lipinski definition) is 5. The minimum Gasteiger partial charge on any atom is -0.497 e. The van der Waals surface area contributed by atoms with Gasteiger partial charge in [0.15, 0.2) is 0 Å². The van der Waals surface area contributed by atoms with Gasteiger partial charge in [0.25, 0.3) is 5.91 Å². The molecule has 2 atom stereocenters. The second-order valence-electron chi connectivity index (χ2n) is 7.56. The number of hydrazine groups is 1. The number of rotatable bonds is 4. The lowest BCUT2D eigenvalue weighted by Crippen LogP contribution is -2.46. The quantitative estimate of drug-likeness (QED) is 0.736. The second-order valence-corrected chi connectivity index (χ2v) is 8.47. The summed E-state index contributed by atoms with van der Waals surface area (Å²) < 4.78 is 6.19. The van der Waals surface area contributed by atoms with Crippen LogP contribution in [0.5, 0.6) is 5.75 Å². The van der Waals surface area contributed by atoms with Crippen LogP contribution in [0.25, 0.3) is 0 Å². The van der Waals surface area contributed by atoms with Crippen molar-refractivity contribution in [2.75, 3.05) is 33.3 Å². The predicted molar refractivity (Wildman–Crippen MR) is 117 cm³/mol. The van der Waals surface area contributed by atoms with E-state index in [9.17, 15) is 4.79 Å². The molecule has 154 valence electrons. The molecule has 29 heavy (non-hydrogen) atoms. The van der Waals surface area contributed by atoms with Crippen LogP contribution in [0.1, 0.15) is 34.8 Å². The van der Waals surface area contributed by atoms with Crippen LogP contribution in [-0.4, -0.2) is 55.2 Å². The van der Waals surface area contributed by atoms with E-state index in [0.717, 1.165) is 54.8 Å². The molecule has 7 heteroatoms. The first-order valence-electron chi connectivity index (χ1n) is 10.1. The molecular weight excluding hydrogens is 432 g/mol. The van der Waals surface area contributed by atoms with E-state index in [4.69, 9.17) is 4.74 Å². The Bertz CT molecular complexity index is 845. The van der Waals surface area contributed by atoms with Gasteiger partial charge in [-0.2, -0.15) is 0 Å². The normalized spacial score (nSPS) is 23.0. The molecule has 2 aliphatic heterocycles. The van der Waals surface area contributed by atoms with E-state index in [2.05, 4.69) is 43.8 Å². The van der Waals surface area contributed by atoms with Crippen molar-refractivity contribution in [3.05, 3.63) is 64.1 Å². The Hall–Kier alpha value is -1.93. The highest BCUT2D eigenvalue weighted by molar-refractivity contribution is 9.10. The number of amides is 1. The lowest BCUT2D eigenvalue weighted by atomic mass is 10.0. The summed E-state index contributed by atoms with van der Waals surface area (Å²) in [5.74, 6) is 0.987. The largest absolute Gasteiger partial charge is 0.497 e. The molecule has 2 aromatic carbocycles. The number of methoxy groups -OCH3 is 1. The van der Waals surface area contributed by atoms with Crippen LogP contribution in [0.2, 0.25) is 0 Å². The van der Waals surface area contributed by atoms with E-state index in [1.54, 1.807) is 7.11 Å².